The Labute approximate surface area is 151 Å². The normalized spacial score (nSPS) is 15.0. The van der Waals surface area contributed by atoms with Crippen molar-refractivity contribution in [2.24, 2.45) is 5.92 Å². The van der Waals surface area contributed by atoms with Crippen molar-refractivity contribution in [3.8, 4) is 0 Å². The average molecular weight is 362 g/mol. The summed E-state index contributed by atoms with van der Waals surface area (Å²) in [6, 6.07) is 0. The van der Waals surface area contributed by atoms with Crippen LogP contribution in [0.1, 0.15) is 58.2 Å². The zero-order valence-corrected chi connectivity index (χ0v) is 15.4. The molecule has 0 bridgehead atoms. The van der Waals surface area contributed by atoms with Gasteiger partial charge in [-0.2, -0.15) is 0 Å². The molecule has 1 aliphatic carbocycles. The van der Waals surface area contributed by atoms with Crippen LogP contribution in [0.4, 0.5) is 0 Å². The number of hydrogen-bond acceptors (Lipinski definition) is 5. The fourth-order valence-corrected chi connectivity index (χ4v) is 3.61. The van der Waals surface area contributed by atoms with E-state index >= 15 is 0 Å². The van der Waals surface area contributed by atoms with Gasteiger partial charge in [0.15, 0.2) is 11.2 Å². The van der Waals surface area contributed by atoms with E-state index in [1.165, 1.54) is 4.57 Å². The number of rotatable bonds is 7. The Kier molecular flexibility index (Phi) is 5.58. The number of hydrogen-bond donors (Lipinski definition) is 1. The summed E-state index contributed by atoms with van der Waals surface area (Å²) < 4.78 is 8.67. The van der Waals surface area contributed by atoms with Gasteiger partial charge in [-0.15, -0.1) is 0 Å². The summed E-state index contributed by atoms with van der Waals surface area (Å²) >= 11 is 0. The third kappa shape index (κ3) is 3.45. The van der Waals surface area contributed by atoms with Gasteiger partial charge in [0.1, 0.15) is 12.4 Å². The molecule has 1 N–H and O–H groups in total. The number of nitrogens with zero attached hydrogens (tertiary/aromatic N) is 3. The van der Waals surface area contributed by atoms with Crippen LogP contribution in [0.5, 0.6) is 0 Å². The van der Waals surface area contributed by atoms with E-state index in [4.69, 9.17) is 4.74 Å². The van der Waals surface area contributed by atoms with Crippen molar-refractivity contribution in [3.05, 3.63) is 26.7 Å². The van der Waals surface area contributed by atoms with Crippen molar-refractivity contribution >= 4 is 17.1 Å². The lowest BCUT2D eigenvalue weighted by atomic mass is 10.1. The van der Waals surface area contributed by atoms with Crippen LogP contribution >= 0.6 is 0 Å². The highest BCUT2D eigenvalue weighted by molar-refractivity contribution is 5.73. The van der Waals surface area contributed by atoms with Crippen molar-refractivity contribution in [1.29, 1.82) is 0 Å². The second-order valence-electron chi connectivity index (χ2n) is 6.80. The van der Waals surface area contributed by atoms with Gasteiger partial charge in [0.05, 0.1) is 5.92 Å². The van der Waals surface area contributed by atoms with Crippen molar-refractivity contribution < 1.29 is 9.53 Å². The maximum Gasteiger partial charge on any atom is 0.330 e. The molecule has 1 fully saturated rings. The molecule has 0 aromatic carbocycles. The third-order valence-corrected chi connectivity index (χ3v) is 5.05. The fraction of sp³-hybridized carbons (Fsp3) is 0.667. The molecule has 0 radical (unpaired) electrons. The van der Waals surface area contributed by atoms with Crippen LogP contribution in [0.3, 0.4) is 0 Å². The number of carbonyl (C=O) groups is 1. The van der Waals surface area contributed by atoms with E-state index in [1.807, 2.05) is 13.8 Å². The van der Waals surface area contributed by atoms with Crippen LogP contribution in [-0.4, -0.2) is 25.1 Å². The van der Waals surface area contributed by atoms with Gasteiger partial charge in [-0.1, -0.05) is 26.2 Å². The monoisotopic (exact) mass is 362 g/mol. The Balaban J connectivity index is 1.94. The largest absolute Gasteiger partial charge is 0.457 e. The molecule has 0 atom stereocenters. The summed E-state index contributed by atoms with van der Waals surface area (Å²) in [6.07, 6.45) is 5.61. The highest BCUT2D eigenvalue weighted by Crippen LogP contribution is 2.26. The number of ether oxygens (including phenoxy) is 1. The summed E-state index contributed by atoms with van der Waals surface area (Å²) in [5.41, 5.74) is -0.192. The summed E-state index contributed by atoms with van der Waals surface area (Å²) in [5.74, 6) is 0.269. The number of esters is 1. The van der Waals surface area contributed by atoms with Crippen LogP contribution in [-0.2, 0) is 29.2 Å². The maximum absolute atomic E-state index is 12.3. The number of unbranched alkanes of at least 4 members (excludes halogenated alkanes) is 1. The SMILES string of the molecule is CCCCn1c(=O)[nH]c(=O)c2c1nc(COC(=O)C1CCCC1)n2CC. The Hall–Kier alpha value is -2.38. The highest BCUT2D eigenvalue weighted by Gasteiger charge is 2.25. The lowest BCUT2D eigenvalue weighted by Gasteiger charge is -2.10. The number of carbonyl (C=O) groups excluding carboxylic acids is 1. The van der Waals surface area contributed by atoms with Crippen LogP contribution in [0.25, 0.3) is 11.2 Å². The van der Waals surface area contributed by atoms with Crippen LogP contribution in [0, 0.1) is 5.92 Å². The van der Waals surface area contributed by atoms with Crippen molar-refractivity contribution in [2.75, 3.05) is 0 Å². The predicted octanol–water partition coefficient (Wildman–Crippen LogP) is 1.94. The highest BCUT2D eigenvalue weighted by atomic mass is 16.5. The summed E-state index contributed by atoms with van der Waals surface area (Å²) in [6.45, 7) is 4.93. The number of aromatic nitrogens is 4. The average Bonchev–Trinajstić information content (AvgIpc) is 3.27. The van der Waals surface area contributed by atoms with E-state index in [0.717, 1.165) is 38.5 Å². The minimum absolute atomic E-state index is 0.0132. The second-order valence-corrected chi connectivity index (χ2v) is 6.80. The first-order valence-electron chi connectivity index (χ1n) is 9.45. The summed E-state index contributed by atoms with van der Waals surface area (Å²) in [5, 5.41) is 0. The molecule has 0 aliphatic heterocycles. The van der Waals surface area contributed by atoms with Gasteiger partial charge < -0.3 is 9.30 Å². The van der Waals surface area contributed by atoms with E-state index in [1.54, 1.807) is 4.57 Å². The van der Waals surface area contributed by atoms with E-state index < -0.39 is 11.2 Å². The molecule has 0 saturated heterocycles. The minimum atomic E-state index is -0.458. The predicted molar refractivity (Wildman–Crippen MR) is 96.9 cm³/mol. The Morgan fingerprint density at radius 1 is 1.23 bits per heavy atom. The number of imidazole rings is 1. The summed E-state index contributed by atoms with van der Waals surface area (Å²) in [4.78, 5) is 43.5. The molecule has 0 spiro atoms. The molecule has 2 heterocycles. The van der Waals surface area contributed by atoms with Crippen LogP contribution in [0.15, 0.2) is 9.59 Å². The van der Waals surface area contributed by atoms with E-state index in [-0.39, 0.29) is 18.5 Å². The van der Waals surface area contributed by atoms with E-state index in [0.29, 0.717) is 30.1 Å². The van der Waals surface area contributed by atoms with E-state index in [9.17, 15) is 14.4 Å². The Bertz CT molecular complexity index is 902. The Morgan fingerprint density at radius 2 is 1.96 bits per heavy atom. The third-order valence-electron chi connectivity index (χ3n) is 5.05. The molecular formula is C18H26N4O4. The molecule has 142 valence electrons. The molecule has 1 aliphatic rings. The van der Waals surface area contributed by atoms with Gasteiger partial charge in [0.25, 0.3) is 5.56 Å². The fourth-order valence-electron chi connectivity index (χ4n) is 3.61. The van der Waals surface area contributed by atoms with Gasteiger partial charge in [-0.3, -0.25) is 19.1 Å². The first-order chi connectivity index (χ1) is 12.6. The quantitative estimate of drug-likeness (QED) is 0.759. The molecule has 3 rings (SSSR count). The molecule has 0 unspecified atom stereocenters. The lowest BCUT2D eigenvalue weighted by molar-refractivity contribution is -0.150. The second kappa shape index (κ2) is 7.88. The Morgan fingerprint density at radius 3 is 2.62 bits per heavy atom. The van der Waals surface area contributed by atoms with Crippen molar-refractivity contribution in [2.45, 2.75) is 72.1 Å². The first kappa shape index (κ1) is 18.4. The van der Waals surface area contributed by atoms with Crippen LogP contribution in [0.2, 0.25) is 0 Å². The maximum atomic E-state index is 12.3. The van der Waals surface area contributed by atoms with Crippen molar-refractivity contribution in [3.63, 3.8) is 0 Å². The van der Waals surface area contributed by atoms with Gasteiger partial charge in [-0.05, 0) is 26.2 Å². The number of fused-ring (bicyclic) bond motifs is 1. The molecule has 0 amide bonds. The zero-order valence-electron chi connectivity index (χ0n) is 15.4. The molecule has 26 heavy (non-hydrogen) atoms. The standard InChI is InChI=1S/C18H26N4O4/c1-3-5-10-22-15-14(16(23)20-18(22)25)21(4-2)13(19-15)11-26-17(24)12-8-6-7-9-12/h12H,3-11H2,1-2H3,(H,20,23,25). The van der Waals surface area contributed by atoms with Gasteiger partial charge in [-0.25, -0.2) is 9.78 Å². The molecule has 2 aromatic rings. The molecule has 8 nitrogen and oxygen atoms in total. The molecule has 8 heteroatoms. The minimum Gasteiger partial charge on any atom is -0.457 e. The molecular weight excluding hydrogens is 336 g/mol. The number of H-pyrrole nitrogens is 1. The zero-order chi connectivity index (χ0) is 18.7. The van der Waals surface area contributed by atoms with Gasteiger partial charge >= 0.3 is 11.7 Å². The van der Waals surface area contributed by atoms with Crippen LogP contribution < -0.4 is 11.2 Å². The van der Waals surface area contributed by atoms with E-state index in [2.05, 4.69) is 9.97 Å². The topological polar surface area (TPSA) is 99.0 Å². The number of aromatic amines is 1. The number of nitrogens with one attached hydrogen (secondary N) is 1. The van der Waals surface area contributed by atoms with Gasteiger partial charge in [0, 0.05) is 13.1 Å². The summed E-state index contributed by atoms with van der Waals surface area (Å²) in [7, 11) is 0. The molecule has 1 saturated carbocycles. The smallest absolute Gasteiger partial charge is 0.330 e. The van der Waals surface area contributed by atoms with Gasteiger partial charge in [0.2, 0.25) is 0 Å². The van der Waals surface area contributed by atoms with Crippen molar-refractivity contribution in [1.82, 2.24) is 19.1 Å². The number of aryl methyl sites for hydroxylation is 2. The lowest BCUT2D eigenvalue weighted by Crippen LogP contribution is -2.31. The molecule has 2 aromatic heterocycles. The first-order valence-corrected chi connectivity index (χ1v) is 9.45.